The SMILES string of the molecule is CCCOc1cncc(-c2cc(C)ccc2C(=O)O)c1. The molecule has 1 aromatic carbocycles. The molecule has 0 spiro atoms. The summed E-state index contributed by atoms with van der Waals surface area (Å²) < 4.78 is 5.54. The highest BCUT2D eigenvalue weighted by atomic mass is 16.5. The second-order valence-electron chi connectivity index (χ2n) is 4.61. The maximum atomic E-state index is 11.3. The predicted molar refractivity (Wildman–Crippen MR) is 77.2 cm³/mol. The van der Waals surface area contributed by atoms with E-state index in [4.69, 9.17) is 4.74 Å². The fourth-order valence-electron chi connectivity index (χ4n) is 1.95. The number of benzene rings is 1. The van der Waals surface area contributed by atoms with Crippen LogP contribution in [0.1, 0.15) is 29.3 Å². The van der Waals surface area contributed by atoms with Crippen molar-refractivity contribution in [1.82, 2.24) is 4.98 Å². The number of pyridine rings is 1. The Morgan fingerprint density at radius 3 is 2.80 bits per heavy atom. The van der Waals surface area contributed by atoms with Crippen molar-refractivity contribution < 1.29 is 14.6 Å². The average molecular weight is 271 g/mol. The normalized spacial score (nSPS) is 10.3. The number of aromatic nitrogens is 1. The predicted octanol–water partition coefficient (Wildman–Crippen LogP) is 3.54. The van der Waals surface area contributed by atoms with Crippen LogP contribution < -0.4 is 4.74 Å². The van der Waals surface area contributed by atoms with E-state index in [0.717, 1.165) is 17.5 Å². The lowest BCUT2D eigenvalue weighted by Crippen LogP contribution is -2.01. The van der Waals surface area contributed by atoms with E-state index in [2.05, 4.69) is 4.98 Å². The van der Waals surface area contributed by atoms with E-state index < -0.39 is 5.97 Å². The third kappa shape index (κ3) is 3.15. The van der Waals surface area contributed by atoms with Crippen molar-refractivity contribution in [1.29, 1.82) is 0 Å². The highest BCUT2D eigenvalue weighted by Crippen LogP contribution is 2.27. The van der Waals surface area contributed by atoms with E-state index in [-0.39, 0.29) is 5.56 Å². The lowest BCUT2D eigenvalue weighted by atomic mass is 9.99. The van der Waals surface area contributed by atoms with Gasteiger partial charge >= 0.3 is 5.97 Å². The number of aryl methyl sites for hydroxylation is 1. The molecule has 0 bridgehead atoms. The number of hydrogen-bond donors (Lipinski definition) is 1. The first-order chi connectivity index (χ1) is 9.61. The molecule has 4 nitrogen and oxygen atoms in total. The first kappa shape index (κ1) is 14.1. The van der Waals surface area contributed by atoms with Gasteiger partial charge in [-0.1, -0.05) is 24.6 Å². The first-order valence-corrected chi connectivity index (χ1v) is 6.54. The van der Waals surface area contributed by atoms with Crippen molar-refractivity contribution in [2.75, 3.05) is 6.61 Å². The summed E-state index contributed by atoms with van der Waals surface area (Å²) in [6.45, 7) is 4.57. The summed E-state index contributed by atoms with van der Waals surface area (Å²) in [5.74, 6) is -0.290. The van der Waals surface area contributed by atoms with Gasteiger partial charge in [0.15, 0.2) is 0 Å². The minimum absolute atomic E-state index is 0.269. The van der Waals surface area contributed by atoms with Crippen LogP contribution in [0.25, 0.3) is 11.1 Å². The molecule has 0 unspecified atom stereocenters. The van der Waals surface area contributed by atoms with Gasteiger partial charge in [0.05, 0.1) is 18.4 Å². The molecule has 20 heavy (non-hydrogen) atoms. The Labute approximate surface area is 118 Å². The van der Waals surface area contributed by atoms with Crippen LogP contribution in [0.15, 0.2) is 36.7 Å². The zero-order valence-corrected chi connectivity index (χ0v) is 11.6. The molecule has 1 N–H and O–H groups in total. The highest BCUT2D eigenvalue weighted by molar-refractivity contribution is 5.96. The molecular weight excluding hydrogens is 254 g/mol. The van der Waals surface area contributed by atoms with E-state index in [9.17, 15) is 9.90 Å². The Hall–Kier alpha value is -2.36. The van der Waals surface area contributed by atoms with Crippen LogP contribution in [0.4, 0.5) is 0 Å². The minimum atomic E-state index is -0.945. The molecular formula is C16H17NO3. The zero-order valence-electron chi connectivity index (χ0n) is 11.6. The Kier molecular flexibility index (Phi) is 4.35. The summed E-state index contributed by atoms with van der Waals surface area (Å²) in [4.78, 5) is 15.4. The van der Waals surface area contributed by atoms with Crippen LogP contribution in [0.5, 0.6) is 5.75 Å². The van der Waals surface area contributed by atoms with Crippen LogP contribution in [-0.2, 0) is 0 Å². The Morgan fingerprint density at radius 1 is 1.30 bits per heavy atom. The molecule has 2 rings (SSSR count). The molecule has 4 heteroatoms. The van der Waals surface area contributed by atoms with E-state index >= 15 is 0 Å². The minimum Gasteiger partial charge on any atom is -0.492 e. The number of carbonyl (C=O) groups is 1. The fraction of sp³-hybridized carbons (Fsp3) is 0.250. The van der Waals surface area contributed by atoms with Gasteiger partial charge in [-0.25, -0.2) is 4.79 Å². The van der Waals surface area contributed by atoms with Crippen LogP contribution in [0.2, 0.25) is 0 Å². The van der Waals surface area contributed by atoms with Gasteiger partial charge in [-0.3, -0.25) is 4.98 Å². The fourth-order valence-corrected chi connectivity index (χ4v) is 1.95. The number of rotatable bonds is 5. The van der Waals surface area contributed by atoms with Crippen molar-refractivity contribution >= 4 is 5.97 Å². The molecule has 104 valence electrons. The number of nitrogens with zero attached hydrogens (tertiary/aromatic N) is 1. The summed E-state index contributed by atoms with van der Waals surface area (Å²) in [6, 6.07) is 7.08. The molecule has 0 aliphatic carbocycles. The highest BCUT2D eigenvalue weighted by Gasteiger charge is 2.12. The number of ether oxygens (including phenoxy) is 1. The molecule has 0 saturated heterocycles. The van der Waals surface area contributed by atoms with Gasteiger partial charge in [0.1, 0.15) is 5.75 Å². The van der Waals surface area contributed by atoms with Crippen molar-refractivity contribution in [3.63, 3.8) is 0 Å². The Morgan fingerprint density at radius 2 is 2.10 bits per heavy atom. The Balaban J connectivity index is 2.45. The monoisotopic (exact) mass is 271 g/mol. The molecule has 0 saturated carbocycles. The maximum Gasteiger partial charge on any atom is 0.336 e. The smallest absolute Gasteiger partial charge is 0.336 e. The summed E-state index contributed by atoms with van der Waals surface area (Å²) in [6.07, 6.45) is 4.20. The van der Waals surface area contributed by atoms with E-state index in [1.54, 1.807) is 24.5 Å². The van der Waals surface area contributed by atoms with Gasteiger partial charge in [-0.05, 0) is 31.0 Å². The number of carboxylic acids is 1. The van der Waals surface area contributed by atoms with Gasteiger partial charge in [0, 0.05) is 11.8 Å². The van der Waals surface area contributed by atoms with Crippen molar-refractivity contribution in [2.24, 2.45) is 0 Å². The summed E-state index contributed by atoms with van der Waals surface area (Å²) in [7, 11) is 0. The van der Waals surface area contributed by atoms with E-state index in [0.29, 0.717) is 17.9 Å². The van der Waals surface area contributed by atoms with Gasteiger partial charge in [0.2, 0.25) is 0 Å². The number of aromatic carboxylic acids is 1. The molecule has 1 heterocycles. The molecule has 0 amide bonds. The second kappa shape index (κ2) is 6.19. The quantitative estimate of drug-likeness (QED) is 0.903. The molecule has 0 radical (unpaired) electrons. The topological polar surface area (TPSA) is 59.4 Å². The summed E-state index contributed by atoms with van der Waals surface area (Å²) in [5.41, 5.74) is 2.68. The van der Waals surface area contributed by atoms with Gasteiger partial charge < -0.3 is 9.84 Å². The molecule has 2 aromatic rings. The van der Waals surface area contributed by atoms with Crippen LogP contribution >= 0.6 is 0 Å². The number of carboxylic acid groups (broad SMARTS) is 1. The standard InChI is InChI=1S/C16H17NO3/c1-3-6-20-13-8-12(9-17-10-13)15-7-11(2)4-5-14(15)16(18)19/h4-5,7-10H,3,6H2,1-2H3,(H,18,19). The summed E-state index contributed by atoms with van der Waals surface area (Å²) >= 11 is 0. The van der Waals surface area contributed by atoms with Gasteiger partial charge in [-0.15, -0.1) is 0 Å². The van der Waals surface area contributed by atoms with Crippen molar-refractivity contribution in [2.45, 2.75) is 20.3 Å². The lowest BCUT2D eigenvalue weighted by Gasteiger charge is -2.09. The van der Waals surface area contributed by atoms with Crippen molar-refractivity contribution in [3.8, 4) is 16.9 Å². The van der Waals surface area contributed by atoms with Crippen LogP contribution in [0.3, 0.4) is 0 Å². The lowest BCUT2D eigenvalue weighted by molar-refractivity contribution is 0.0697. The second-order valence-corrected chi connectivity index (χ2v) is 4.61. The number of hydrogen-bond acceptors (Lipinski definition) is 3. The first-order valence-electron chi connectivity index (χ1n) is 6.54. The van der Waals surface area contributed by atoms with Gasteiger partial charge in [-0.2, -0.15) is 0 Å². The third-order valence-electron chi connectivity index (χ3n) is 2.90. The molecule has 0 atom stereocenters. The van der Waals surface area contributed by atoms with Gasteiger partial charge in [0.25, 0.3) is 0 Å². The molecule has 0 fully saturated rings. The van der Waals surface area contributed by atoms with E-state index in [1.165, 1.54) is 0 Å². The molecule has 0 aliphatic heterocycles. The zero-order chi connectivity index (χ0) is 14.5. The molecule has 1 aromatic heterocycles. The van der Waals surface area contributed by atoms with Crippen LogP contribution in [0, 0.1) is 6.92 Å². The molecule has 0 aliphatic rings. The third-order valence-corrected chi connectivity index (χ3v) is 2.90. The van der Waals surface area contributed by atoms with E-state index in [1.807, 2.05) is 26.0 Å². The van der Waals surface area contributed by atoms with Crippen molar-refractivity contribution in [3.05, 3.63) is 47.8 Å². The largest absolute Gasteiger partial charge is 0.492 e. The summed E-state index contributed by atoms with van der Waals surface area (Å²) in [5, 5.41) is 9.28. The maximum absolute atomic E-state index is 11.3. The average Bonchev–Trinajstić information content (AvgIpc) is 2.45. The Bertz CT molecular complexity index is 623. The van der Waals surface area contributed by atoms with Crippen LogP contribution in [-0.4, -0.2) is 22.7 Å².